The molecule has 1 rings (SSSR count). The number of aliphatic carboxylic acids is 1. The highest BCUT2D eigenvalue weighted by atomic mass is 19.1. The summed E-state index contributed by atoms with van der Waals surface area (Å²) < 4.78 is 13.0. The lowest BCUT2D eigenvalue weighted by molar-refractivity contribution is -0.135. The number of nitrogen functional groups attached to an aromatic ring is 1. The van der Waals surface area contributed by atoms with E-state index in [1.165, 1.54) is 18.2 Å². The van der Waals surface area contributed by atoms with Gasteiger partial charge in [-0.1, -0.05) is 11.8 Å². The predicted octanol–water partition coefficient (Wildman–Crippen LogP) is 1.23. The number of rotatable bonds is 1. The molecule has 0 spiro atoms. The second-order valence-electron chi connectivity index (χ2n) is 2.61. The molecule has 1 aromatic carbocycles. The molecule has 0 saturated carbocycles. The molecule has 4 heteroatoms. The van der Waals surface area contributed by atoms with Crippen molar-refractivity contribution in [1.82, 2.24) is 0 Å². The van der Waals surface area contributed by atoms with Crippen LogP contribution in [0.4, 0.5) is 10.1 Å². The fourth-order valence-corrected chi connectivity index (χ4v) is 0.854. The third kappa shape index (κ3) is 2.79. The molecule has 0 aliphatic carbocycles. The second kappa shape index (κ2) is 4.28. The molecule has 0 amide bonds. The van der Waals surface area contributed by atoms with Gasteiger partial charge in [0.25, 0.3) is 0 Å². The lowest BCUT2D eigenvalue weighted by Gasteiger charge is -1.95. The fourth-order valence-electron chi connectivity index (χ4n) is 0.854. The Hall–Kier alpha value is -2.02. The van der Waals surface area contributed by atoms with Gasteiger partial charge in [-0.05, 0) is 18.2 Å². The Morgan fingerprint density at radius 3 is 2.93 bits per heavy atom. The van der Waals surface area contributed by atoms with E-state index in [-0.39, 0.29) is 12.0 Å². The average Bonchev–Trinajstić information content (AvgIpc) is 2.10. The quantitative estimate of drug-likeness (QED) is 0.521. The van der Waals surface area contributed by atoms with Crippen molar-refractivity contribution in [2.75, 3.05) is 5.73 Å². The summed E-state index contributed by atoms with van der Waals surface area (Å²) in [5, 5.41) is 8.29. The highest BCUT2D eigenvalue weighted by molar-refractivity contribution is 5.70. The first-order chi connectivity index (χ1) is 6.59. The van der Waals surface area contributed by atoms with Crippen LogP contribution in [0, 0.1) is 17.7 Å². The van der Waals surface area contributed by atoms with E-state index < -0.39 is 11.8 Å². The minimum atomic E-state index is -1.04. The fraction of sp³-hybridized carbons (Fsp3) is 0.100. The van der Waals surface area contributed by atoms with Gasteiger partial charge in [0.1, 0.15) is 12.2 Å². The summed E-state index contributed by atoms with van der Waals surface area (Å²) in [5.41, 5.74) is 5.92. The van der Waals surface area contributed by atoms with E-state index in [0.29, 0.717) is 5.69 Å². The first-order valence-corrected chi connectivity index (χ1v) is 3.85. The summed E-state index contributed by atoms with van der Waals surface area (Å²) in [6.45, 7) is 0. The van der Waals surface area contributed by atoms with Crippen LogP contribution in [0.15, 0.2) is 18.2 Å². The van der Waals surface area contributed by atoms with Gasteiger partial charge in [0.15, 0.2) is 0 Å². The summed E-state index contributed by atoms with van der Waals surface area (Å²) in [7, 11) is 0. The zero-order chi connectivity index (χ0) is 10.6. The van der Waals surface area contributed by atoms with E-state index in [0.717, 1.165) is 0 Å². The maximum absolute atomic E-state index is 13.0. The zero-order valence-electron chi connectivity index (χ0n) is 7.25. The molecule has 3 nitrogen and oxygen atoms in total. The number of carboxylic acid groups (broad SMARTS) is 1. The van der Waals surface area contributed by atoms with E-state index in [9.17, 15) is 9.18 Å². The Morgan fingerprint density at radius 1 is 1.57 bits per heavy atom. The topological polar surface area (TPSA) is 63.3 Å². The lowest BCUT2D eigenvalue weighted by Crippen LogP contribution is -1.92. The molecule has 0 fully saturated rings. The third-order valence-electron chi connectivity index (χ3n) is 1.45. The van der Waals surface area contributed by atoms with Crippen LogP contribution in [0.1, 0.15) is 12.0 Å². The van der Waals surface area contributed by atoms with E-state index in [1.54, 1.807) is 0 Å². The number of anilines is 1. The van der Waals surface area contributed by atoms with Crippen molar-refractivity contribution >= 4 is 11.7 Å². The summed E-state index contributed by atoms with van der Waals surface area (Å²) in [6.07, 6.45) is -0.311. The van der Waals surface area contributed by atoms with Gasteiger partial charge < -0.3 is 10.8 Å². The summed E-state index contributed by atoms with van der Waals surface area (Å²) in [5.74, 6) is 3.18. The maximum atomic E-state index is 13.0. The molecule has 0 aliphatic rings. The molecule has 14 heavy (non-hydrogen) atoms. The monoisotopic (exact) mass is 193 g/mol. The van der Waals surface area contributed by atoms with Crippen LogP contribution in [0.5, 0.6) is 0 Å². The summed E-state index contributed by atoms with van der Waals surface area (Å²) in [4.78, 5) is 10.1. The van der Waals surface area contributed by atoms with Crippen molar-refractivity contribution in [3.8, 4) is 11.8 Å². The van der Waals surface area contributed by atoms with Gasteiger partial charge in [-0.25, -0.2) is 4.39 Å². The van der Waals surface area contributed by atoms with Crippen molar-refractivity contribution in [2.24, 2.45) is 0 Å². The van der Waals surface area contributed by atoms with Crippen LogP contribution in [-0.2, 0) is 4.79 Å². The van der Waals surface area contributed by atoms with E-state index in [2.05, 4.69) is 11.8 Å². The highest BCUT2D eigenvalue weighted by Crippen LogP contribution is 2.10. The number of halogens is 1. The molecule has 0 atom stereocenters. The Labute approximate surface area is 80.4 Å². The molecule has 3 N–H and O–H groups in total. The van der Waals surface area contributed by atoms with Gasteiger partial charge in [0.2, 0.25) is 0 Å². The van der Waals surface area contributed by atoms with Gasteiger partial charge in [-0.15, -0.1) is 0 Å². The molecule has 0 aliphatic heterocycles. The van der Waals surface area contributed by atoms with Gasteiger partial charge in [-0.3, -0.25) is 4.79 Å². The zero-order valence-corrected chi connectivity index (χ0v) is 7.25. The molecular weight excluding hydrogens is 185 g/mol. The molecule has 0 saturated heterocycles. The Morgan fingerprint density at radius 2 is 2.29 bits per heavy atom. The maximum Gasteiger partial charge on any atom is 0.315 e. The Balaban J connectivity index is 2.88. The van der Waals surface area contributed by atoms with Crippen LogP contribution < -0.4 is 5.73 Å². The molecule has 0 aromatic heterocycles. The largest absolute Gasteiger partial charge is 0.481 e. The summed E-state index contributed by atoms with van der Waals surface area (Å²) in [6, 6.07) is 3.97. The normalized spacial score (nSPS) is 8.93. The van der Waals surface area contributed by atoms with Crippen LogP contribution >= 0.6 is 0 Å². The van der Waals surface area contributed by atoms with Crippen LogP contribution in [-0.4, -0.2) is 11.1 Å². The first kappa shape index (κ1) is 10.1. The number of nitrogens with two attached hydrogens (primary N) is 1. The number of carboxylic acids is 1. The van der Waals surface area contributed by atoms with Gasteiger partial charge in [-0.2, -0.15) is 0 Å². The van der Waals surface area contributed by atoms with Crippen molar-refractivity contribution in [2.45, 2.75) is 6.42 Å². The molecule has 0 radical (unpaired) electrons. The third-order valence-corrected chi connectivity index (χ3v) is 1.45. The number of benzene rings is 1. The first-order valence-electron chi connectivity index (χ1n) is 3.85. The van der Waals surface area contributed by atoms with E-state index >= 15 is 0 Å². The Bertz CT molecular complexity index is 418. The highest BCUT2D eigenvalue weighted by Gasteiger charge is 1.98. The SMILES string of the molecule is Nc1ccc(F)c(C#CCC(=O)O)c1. The standard InChI is InChI=1S/C10H8FNO2/c11-9-5-4-8(12)6-7(9)2-1-3-10(13)14/h4-6H,3,12H2,(H,13,14). The average molecular weight is 193 g/mol. The van der Waals surface area contributed by atoms with Gasteiger partial charge in [0, 0.05) is 5.69 Å². The number of hydrogen-bond donors (Lipinski definition) is 2. The predicted molar refractivity (Wildman–Crippen MR) is 49.9 cm³/mol. The van der Waals surface area contributed by atoms with Crippen molar-refractivity contribution in [1.29, 1.82) is 0 Å². The van der Waals surface area contributed by atoms with E-state index in [1.807, 2.05) is 0 Å². The number of carbonyl (C=O) groups is 1. The smallest absolute Gasteiger partial charge is 0.315 e. The molecular formula is C10H8FNO2. The number of hydrogen-bond acceptors (Lipinski definition) is 2. The lowest BCUT2D eigenvalue weighted by atomic mass is 10.2. The van der Waals surface area contributed by atoms with Gasteiger partial charge >= 0.3 is 5.97 Å². The molecule has 0 heterocycles. The van der Waals surface area contributed by atoms with Crippen LogP contribution in [0.3, 0.4) is 0 Å². The van der Waals surface area contributed by atoms with E-state index in [4.69, 9.17) is 10.8 Å². The van der Waals surface area contributed by atoms with Gasteiger partial charge in [0.05, 0.1) is 5.56 Å². The van der Waals surface area contributed by atoms with Crippen molar-refractivity contribution in [3.63, 3.8) is 0 Å². The van der Waals surface area contributed by atoms with Crippen LogP contribution in [0.2, 0.25) is 0 Å². The molecule has 0 bridgehead atoms. The minimum absolute atomic E-state index is 0.117. The molecule has 0 unspecified atom stereocenters. The molecule has 1 aromatic rings. The second-order valence-corrected chi connectivity index (χ2v) is 2.61. The summed E-state index contributed by atoms with van der Waals surface area (Å²) >= 11 is 0. The van der Waals surface area contributed by atoms with Crippen molar-refractivity contribution < 1.29 is 14.3 Å². The Kier molecular flexibility index (Phi) is 3.08. The van der Waals surface area contributed by atoms with Crippen LogP contribution in [0.25, 0.3) is 0 Å². The minimum Gasteiger partial charge on any atom is -0.481 e. The molecule has 72 valence electrons. The van der Waals surface area contributed by atoms with Crippen molar-refractivity contribution in [3.05, 3.63) is 29.6 Å².